The Bertz CT molecular complexity index is 401. The van der Waals surface area contributed by atoms with E-state index in [1.807, 2.05) is 0 Å². The Labute approximate surface area is 83.6 Å². The minimum atomic E-state index is -3.96. The third-order valence-electron chi connectivity index (χ3n) is 0.690. The standard InChI is InChI=1S/C7H15NO3/c1-8(2,3)5-6(9)4-7(10)11/h6,9H,4-5H2,1-3H3/t6-/m1/s1/i1D3,2D3,3D3,5D2,9D. The van der Waals surface area contributed by atoms with E-state index in [4.69, 9.17) is 16.5 Å². The van der Waals surface area contributed by atoms with Crippen LogP contribution in [-0.2, 0) is 4.79 Å². The van der Waals surface area contributed by atoms with Crippen molar-refractivity contribution in [3.8, 4) is 0 Å². The number of aliphatic hydroxyl groups excluding tert-OH is 1. The molecule has 0 aliphatic heterocycles. The highest BCUT2D eigenvalue weighted by Gasteiger charge is 2.14. The van der Waals surface area contributed by atoms with E-state index in [2.05, 4.69) is 5.11 Å². The Morgan fingerprint density at radius 3 is 2.91 bits per heavy atom. The molecule has 0 unspecified atom stereocenters. The van der Waals surface area contributed by atoms with Crippen LogP contribution >= 0.6 is 0 Å². The number of carboxylic acids is 1. The van der Waals surface area contributed by atoms with Crippen LogP contribution in [0.5, 0.6) is 0 Å². The summed E-state index contributed by atoms with van der Waals surface area (Å²) >= 11 is 0. The Balaban J connectivity index is 6.73. The van der Waals surface area contributed by atoms with Gasteiger partial charge in [0.2, 0.25) is 1.43 Å². The fourth-order valence-corrected chi connectivity index (χ4v) is 0.413. The Hall–Kier alpha value is -0.610. The Kier molecular flexibility index (Phi) is 0.671. The van der Waals surface area contributed by atoms with E-state index in [1.54, 1.807) is 0 Å². The molecular weight excluding hydrogens is 146 g/mol. The van der Waals surface area contributed by atoms with Crippen LogP contribution < -0.4 is 5.11 Å². The molecule has 0 aliphatic carbocycles. The highest BCUT2D eigenvalue weighted by Crippen LogP contribution is 1.97. The molecule has 0 aromatic rings. The monoisotopic (exact) mass is 173 g/mol. The number of hydrogen-bond donors (Lipinski definition) is 1. The second-order valence-corrected chi connectivity index (χ2v) is 1.86. The SMILES string of the molecule is [2H]O[C@H](CC(=O)[O-])C([2H])([2H])[N+](C([2H])([2H])[2H])(C([2H])([2H])[2H])C([2H])([2H])[2H]. The fraction of sp³-hybridized carbons (Fsp3) is 0.857. The minimum absolute atomic E-state index is 1.42. The van der Waals surface area contributed by atoms with E-state index in [9.17, 15) is 9.90 Å². The van der Waals surface area contributed by atoms with Gasteiger partial charge < -0.3 is 19.5 Å². The summed E-state index contributed by atoms with van der Waals surface area (Å²) in [5.74, 6) is -1.98. The molecule has 66 valence electrons. The van der Waals surface area contributed by atoms with E-state index in [0.717, 1.165) is 0 Å². The third-order valence-corrected chi connectivity index (χ3v) is 0.690. The molecule has 0 saturated heterocycles. The summed E-state index contributed by atoms with van der Waals surface area (Å²) in [5, 5.41) is 14.4. The van der Waals surface area contributed by atoms with Gasteiger partial charge in [-0.15, -0.1) is 0 Å². The largest absolute Gasteiger partial charge is 0.550 e. The van der Waals surface area contributed by atoms with Gasteiger partial charge in [0, 0.05) is 12.4 Å². The molecule has 0 amide bonds. The number of rotatable bonds is 5. The van der Waals surface area contributed by atoms with Crippen molar-refractivity contribution in [3.05, 3.63) is 0 Å². The molecule has 1 N–H and O–H groups in total. The number of quaternary nitrogens is 1. The quantitative estimate of drug-likeness (QED) is 0.499. The van der Waals surface area contributed by atoms with Gasteiger partial charge >= 0.3 is 0 Å². The first-order valence-electron chi connectivity index (χ1n) is 8.50. The van der Waals surface area contributed by atoms with E-state index < -0.39 is 50.4 Å². The molecule has 0 radical (unpaired) electrons. The zero-order valence-electron chi connectivity index (χ0n) is 17.5. The molecule has 0 fully saturated rings. The van der Waals surface area contributed by atoms with Crippen LogP contribution in [-0.4, -0.2) is 50.5 Å². The number of carbonyl (C=O) groups is 1. The smallest absolute Gasteiger partial charge is 0.211 e. The van der Waals surface area contributed by atoms with Crippen LogP contribution in [0.15, 0.2) is 0 Å². The first-order valence-corrected chi connectivity index (χ1v) is 2.59. The average Bonchev–Trinajstić information content (AvgIpc) is 2.18. The number of nitrogens with zero attached hydrogens (tertiary/aromatic N) is 1. The molecular formula is C7H15NO3. The van der Waals surface area contributed by atoms with Gasteiger partial charge in [0.15, 0.2) is 0 Å². The predicted octanol–water partition coefficient (Wildman–Crippen LogP) is -1.81. The van der Waals surface area contributed by atoms with E-state index in [1.165, 1.54) is 0 Å². The zero-order valence-corrected chi connectivity index (χ0v) is 5.46. The summed E-state index contributed by atoms with van der Waals surface area (Å²) in [4.78, 5) is 10.6. The molecule has 0 bridgehead atoms. The molecule has 4 heteroatoms. The van der Waals surface area contributed by atoms with Crippen LogP contribution in [0.25, 0.3) is 0 Å². The summed E-state index contributed by atoms with van der Waals surface area (Å²) in [6.07, 6.45) is -3.94. The van der Waals surface area contributed by atoms with E-state index in [-0.39, 0.29) is 0 Å². The lowest BCUT2D eigenvalue weighted by Gasteiger charge is -2.26. The summed E-state index contributed by atoms with van der Waals surface area (Å²) in [6, 6.07) is 0. The maximum atomic E-state index is 10.6. The van der Waals surface area contributed by atoms with Crippen molar-refractivity contribution < 1.29 is 34.6 Å². The van der Waals surface area contributed by atoms with Crippen LogP contribution in [0.3, 0.4) is 0 Å². The van der Waals surface area contributed by atoms with E-state index >= 15 is 0 Å². The maximum Gasteiger partial charge on any atom is 0.211 e. The second-order valence-electron chi connectivity index (χ2n) is 1.86. The van der Waals surface area contributed by atoms with Crippen molar-refractivity contribution >= 4 is 5.97 Å². The summed E-state index contributed by atoms with van der Waals surface area (Å²) < 4.78 is 85.1. The molecule has 0 heterocycles. The predicted molar refractivity (Wildman–Crippen MR) is 38.5 cm³/mol. The van der Waals surface area contributed by atoms with Gasteiger partial charge in [0.25, 0.3) is 0 Å². The molecule has 0 aromatic heterocycles. The van der Waals surface area contributed by atoms with Crippen LogP contribution in [0.1, 0.15) is 21.5 Å². The molecule has 0 saturated carbocycles. The Morgan fingerprint density at radius 1 is 1.91 bits per heavy atom. The van der Waals surface area contributed by atoms with Gasteiger partial charge in [0.05, 0.1) is 36.0 Å². The summed E-state index contributed by atoms with van der Waals surface area (Å²) in [7, 11) is 0. The molecule has 0 spiro atoms. The lowest BCUT2D eigenvalue weighted by molar-refractivity contribution is -0.873. The van der Waals surface area contributed by atoms with Crippen LogP contribution in [0.2, 0.25) is 0 Å². The maximum absolute atomic E-state index is 10.6. The van der Waals surface area contributed by atoms with Gasteiger partial charge in [-0.05, 0) is 0 Å². The number of aliphatic carboxylic acids is 1. The minimum Gasteiger partial charge on any atom is -0.550 e. The highest BCUT2D eigenvalue weighted by atomic mass is 16.4. The van der Waals surface area contributed by atoms with Gasteiger partial charge in [-0.3, -0.25) is 0 Å². The van der Waals surface area contributed by atoms with Crippen molar-refractivity contribution in [2.75, 3.05) is 27.4 Å². The third kappa shape index (κ3) is 7.29. The number of carboxylic acid groups (broad SMARTS) is 1. The van der Waals surface area contributed by atoms with Crippen molar-refractivity contribution in [2.45, 2.75) is 12.5 Å². The number of aliphatic hydroxyl groups is 1. The van der Waals surface area contributed by atoms with Crippen molar-refractivity contribution in [2.24, 2.45) is 0 Å². The summed E-state index contributed by atoms with van der Waals surface area (Å²) in [6.45, 7) is -15.7. The first-order chi connectivity index (χ1) is 9.88. The van der Waals surface area contributed by atoms with Crippen molar-refractivity contribution in [1.82, 2.24) is 0 Å². The zero-order chi connectivity index (χ0) is 19.1. The normalized spacial score (nSPS) is 35.3. The lowest BCUT2D eigenvalue weighted by atomic mass is 10.2. The Morgan fingerprint density at radius 2 is 2.55 bits per heavy atom. The van der Waals surface area contributed by atoms with Gasteiger partial charge in [-0.25, -0.2) is 0 Å². The summed E-state index contributed by atoms with van der Waals surface area (Å²) in [5.41, 5.74) is 0. The van der Waals surface area contributed by atoms with Gasteiger partial charge in [-0.2, -0.15) is 0 Å². The number of hydrogen-bond acceptors (Lipinski definition) is 3. The second kappa shape index (κ2) is 3.69. The molecule has 0 aliphatic rings. The molecule has 4 nitrogen and oxygen atoms in total. The topological polar surface area (TPSA) is 60.4 Å². The van der Waals surface area contributed by atoms with Crippen LogP contribution in [0.4, 0.5) is 0 Å². The highest BCUT2D eigenvalue weighted by molar-refractivity contribution is 5.64. The number of likely N-dealkylation sites (N-methyl/N-ethyl adjacent to an activating group) is 1. The van der Waals surface area contributed by atoms with Crippen molar-refractivity contribution in [1.29, 1.82) is 1.43 Å². The van der Waals surface area contributed by atoms with Gasteiger partial charge in [0.1, 0.15) is 12.6 Å². The molecule has 1 atom stereocenters. The molecule has 0 aromatic carbocycles. The van der Waals surface area contributed by atoms with Crippen LogP contribution in [0, 0.1) is 0 Å². The molecule has 0 rings (SSSR count). The average molecular weight is 173 g/mol. The van der Waals surface area contributed by atoms with Gasteiger partial charge in [-0.1, -0.05) is 0 Å². The lowest BCUT2D eigenvalue weighted by Crippen LogP contribution is -2.43. The number of carbonyl (C=O) groups excluding carboxylic acids is 1. The van der Waals surface area contributed by atoms with Crippen molar-refractivity contribution in [3.63, 3.8) is 0 Å². The van der Waals surface area contributed by atoms with E-state index in [0.29, 0.717) is 0 Å². The first kappa shape index (κ1) is 2.00. The fourth-order valence-electron chi connectivity index (χ4n) is 0.413. The molecule has 11 heavy (non-hydrogen) atoms.